The Morgan fingerprint density at radius 1 is 1.47 bits per heavy atom. The van der Waals surface area contributed by atoms with Crippen molar-refractivity contribution >= 4 is 21.2 Å². The average molecular weight is 275 g/mol. The summed E-state index contributed by atoms with van der Waals surface area (Å²) in [5, 5.41) is 7.60. The summed E-state index contributed by atoms with van der Waals surface area (Å²) >= 11 is 1.68. The van der Waals surface area contributed by atoms with Gasteiger partial charge >= 0.3 is 0 Å². The predicted octanol–water partition coefficient (Wildman–Crippen LogP) is 2.09. The van der Waals surface area contributed by atoms with Gasteiger partial charge in [-0.3, -0.25) is 0 Å². The molecule has 0 amide bonds. The third-order valence-electron chi connectivity index (χ3n) is 2.58. The van der Waals surface area contributed by atoms with Crippen LogP contribution in [0.2, 0.25) is 0 Å². The minimum Gasteiger partial charge on any atom is -0.314 e. The maximum atomic E-state index is 11.2. The van der Waals surface area contributed by atoms with Crippen LogP contribution in [-0.4, -0.2) is 33.0 Å². The zero-order chi connectivity index (χ0) is 12.7. The molecule has 1 aromatic heterocycles. The van der Waals surface area contributed by atoms with Crippen molar-refractivity contribution in [3.05, 3.63) is 22.4 Å². The Hall–Kier alpha value is -0.390. The van der Waals surface area contributed by atoms with Gasteiger partial charge in [0.2, 0.25) is 0 Å². The Morgan fingerprint density at radius 2 is 2.24 bits per heavy atom. The lowest BCUT2D eigenvalue weighted by Gasteiger charge is -2.17. The standard InChI is InChI=1S/C12H21NO2S2/c1-3-6-13-12(5-8-17(2,14)15)9-11-4-7-16-10-11/h4,7,10,12-13H,3,5-6,8-9H2,1-2H3. The van der Waals surface area contributed by atoms with E-state index in [1.807, 2.05) is 0 Å². The van der Waals surface area contributed by atoms with Crippen molar-refractivity contribution in [2.75, 3.05) is 18.6 Å². The van der Waals surface area contributed by atoms with E-state index in [0.29, 0.717) is 6.42 Å². The summed E-state index contributed by atoms with van der Waals surface area (Å²) in [7, 11) is -2.86. The topological polar surface area (TPSA) is 46.2 Å². The van der Waals surface area contributed by atoms with Gasteiger partial charge in [0.1, 0.15) is 9.84 Å². The first kappa shape index (κ1) is 14.7. The first-order chi connectivity index (χ1) is 8.01. The second-order valence-electron chi connectivity index (χ2n) is 4.41. The summed E-state index contributed by atoms with van der Waals surface area (Å²) in [6.45, 7) is 3.06. The van der Waals surface area contributed by atoms with Crippen LogP contribution in [0.1, 0.15) is 25.3 Å². The maximum absolute atomic E-state index is 11.2. The van der Waals surface area contributed by atoms with Gasteiger partial charge < -0.3 is 5.32 Å². The van der Waals surface area contributed by atoms with Gasteiger partial charge in [-0.25, -0.2) is 8.42 Å². The number of thiophene rings is 1. The zero-order valence-corrected chi connectivity index (χ0v) is 12.1. The molecule has 0 fully saturated rings. The van der Waals surface area contributed by atoms with Crippen LogP contribution in [0, 0.1) is 0 Å². The van der Waals surface area contributed by atoms with Crippen LogP contribution in [0.15, 0.2) is 16.8 Å². The Kier molecular flexibility index (Phi) is 6.16. The van der Waals surface area contributed by atoms with Gasteiger partial charge in [-0.15, -0.1) is 0 Å². The highest BCUT2D eigenvalue weighted by Crippen LogP contribution is 2.11. The molecule has 1 unspecified atom stereocenters. The van der Waals surface area contributed by atoms with E-state index in [1.165, 1.54) is 11.8 Å². The van der Waals surface area contributed by atoms with Crippen molar-refractivity contribution < 1.29 is 8.42 Å². The average Bonchev–Trinajstić information content (AvgIpc) is 2.73. The second kappa shape index (κ2) is 7.13. The normalized spacial score (nSPS) is 13.8. The Bertz CT molecular complexity index is 398. The van der Waals surface area contributed by atoms with E-state index < -0.39 is 9.84 Å². The Balaban J connectivity index is 2.48. The van der Waals surface area contributed by atoms with Crippen LogP contribution in [-0.2, 0) is 16.3 Å². The van der Waals surface area contributed by atoms with Gasteiger partial charge in [-0.1, -0.05) is 6.92 Å². The molecule has 5 heteroatoms. The molecule has 3 nitrogen and oxygen atoms in total. The SMILES string of the molecule is CCCNC(CCS(C)(=O)=O)Cc1ccsc1. The number of nitrogens with one attached hydrogen (secondary N) is 1. The summed E-state index contributed by atoms with van der Waals surface area (Å²) in [5.74, 6) is 0.262. The van der Waals surface area contributed by atoms with Crippen molar-refractivity contribution in [2.45, 2.75) is 32.2 Å². The van der Waals surface area contributed by atoms with Crippen molar-refractivity contribution in [2.24, 2.45) is 0 Å². The van der Waals surface area contributed by atoms with Crippen LogP contribution in [0.4, 0.5) is 0 Å². The third-order valence-corrected chi connectivity index (χ3v) is 4.29. The molecule has 0 saturated carbocycles. The minimum absolute atomic E-state index is 0.262. The predicted molar refractivity (Wildman–Crippen MR) is 74.4 cm³/mol. The van der Waals surface area contributed by atoms with Crippen LogP contribution in [0.5, 0.6) is 0 Å². The van der Waals surface area contributed by atoms with Crippen molar-refractivity contribution in [1.82, 2.24) is 5.32 Å². The molecule has 0 aliphatic rings. The van der Waals surface area contributed by atoms with E-state index in [-0.39, 0.29) is 11.8 Å². The molecule has 1 atom stereocenters. The number of sulfone groups is 1. The van der Waals surface area contributed by atoms with Crippen LogP contribution < -0.4 is 5.32 Å². The summed E-state index contributed by atoms with van der Waals surface area (Å²) in [5.41, 5.74) is 1.29. The first-order valence-electron chi connectivity index (χ1n) is 5.93. The molecule has 1 aromatic rings. The smallest absolute Gasteiger partial charge is 0.147 e. The number of hydrogen-bond acceptors (Lipinski definition) is 4. The monoisotopic (exact) mass is 275 g/mol. The van der Waals surface area contributed by atoms with E-state index in [1.54, 1.807) is 11.3 Å². The quantitative estimate of drug-likeness (QED) is 0.790. The fourth-order valence-electron chi connectivity index (χ4n) is 1.67. The van der Waals surface area contributed by atoms with Gasteiger partial charge in [0, 0.05) is 12.3 Å². The van der Waals surface area contributed by atoms with Gasteiger partial charge in [0.15, 0.2) is 0 Å². The molecule has 0 aromatic carbocycles. The first-order valence-corrected chi connectivity index (χ1v) is 8.94. The molecule has 1 heterocycles. The molecule has 0 saturated heterocycles. The lowest BCUT2D eigenvalue weighted by atomic mass is 10.1. The summed E-state index contributed by atoms with van der Waals surface area (Å²) in [6.07, 6.45) is 3.97. The molecular weight excluding hydrogens is 254 g/mol. The second-order valence-corrected chi connectivity index (χ2v) is 7.45. The summed E-state index contributed by atoms with van der Waals surface area (Å²) in [6, 6.07) is 2.37. The van der Waals surface area contributed by atoms with E-state index in [4.69, 9.17) is 0 Å². The van der Waals surface area contributed by atoms with Crippen molar-refractivity contribution in [3.63, 3.8) is 0 Å². The van der Waals surface area contributed by atoms with Crippen LogP contribution >= 0.6 is 11.3 Å². The van der Waals surface area contributed by atoms with E-state index in [9.17, 15) is 8.42 Å². The van der Waals surface area contributed by atoms with Gasteiger partial charge in [-0.2, -0.15) is 11.3 Å². The molecule has 98 valence electrons. The van der Waals surface area contributed by atoms with Gasteiger partial charge in [0.05, 0.1) is 5.75 Å². The van der Waals surface area contributed by atoms with Crippen LogP contribution in [0.25, 0.3) is 0 Å². The maximum Gasteiger partial charge on any atom is 0.147 e. The molecule has 0 aliphatic heterocycles. The third kappa shape index (κ3) is 6.81. The lowest BCUT2D eigenvalue weighted by molar-refractivity contribution is 0.492. The molecule has 1 rings (SSSR count). The fraction of sp³-hybridized carbons (Fsp3) is 0.667. The molecule has 0 spiro atoms. The zero-order valence-electron chi connectivity index (χ0n) is 10.5. The number of rotatable bonds is 8. The molecule has 0 bridgehead atoms. The highest BCUT2D eigenvalue weighted by molar-refractivity contribution is 7.90. The Morgan fingerprint density at radius 3 is 2.76 bits per heavy atom. The Labute approximate surface area is 108 Å². The highest BCUT2D eigenvalue weighted by atomic mass is 32.2. The number of hydrogen-bond donors (Lipinski definition) is 1. The molecule has 1 N–H and O–H groups in total. The van der Waals surface area contributed by atoms with Crippen molar-refractivity contribution in [3.8, 4) is 0 Å². The van der Waals surface area contributed by atoms with Gasteiger partial charge in [0.25, 0.3) is 0 Å². The molecule has 0 radical (unpaired) electrons. The summed E-state index contributed by atoms with van der Waals surface area (Å²) in [4.78, 5) is 0. The van der Waals surface area contributed by atoms with E-state index >= 15 is 0 Å². The summed E-state index contributed by atoms with van der Waals surface area (Å²) < 4.78 is 22.4. The van der Waals surface area contributed by atoms with E-state index in [2.05, 4.69) is 29.1 Å². The fourth-order valence-corrected chi connectivity index (χ4v) is 3.07. The van der Waals surface area contributed by atoms with Crippen molar-refractivity contribution in [1.29, 1.82) is 0 Å². The van der Waals surface area contributed by atoms with Gasteiger partial charge in [-0.05, 0) is 48.2 Å². The molecule has 0 aliphatic carbocycles. The minimum atomic E-state index is -2.86. The lowest BCUT2D eigenvalue weighted by Crippen LogP contribution is -2.33. The highest BCUT2D eigenvalue weighted by Gasteiger charge is 2.12. The molecule has 17 heavy (non-hydrogen) atoms. The largest absolute Gasteiger partial charge is 0.314 e. The molecular formula is C12H21NO2S2. The van der Waals surface area contributed by atoms with E-state index in [0.717, 1.165) is 19.4 Å². The van der Waals surface area contributed by atoms with Crippen LogP contribution in [0.3, 0.4) is 0 Å².